The molecule has 22 heavy (non-hydrogen) atoms. The van der Waals surface area contributed by atoms with Crippen LogP contribution in [0.5, 0.6) is 0 Å². The summed E-state index contributed by atoms with van der Waals surface area (Å²) in [5, 5.41) is 15.1. The Balaban J connectivity index is 1.61. The Morgan fingerprint density at radius 1 is 1.27 bits per heavy atom. The van der Waals surface area contributed by atoms with E-state index in [-0.39, 0.29) is 11.7 Å². The lowest BCUT2D eigenvalue weighted by Gasteiger charge is -2.05. The summed E-state index contributed by atoms with van der Waals surface area (Å²) in [5.41, 5.74) is 0. The minimum atomic E-state index is -0.180. The maximum Gasteiger partial charge on any atom is 0.235 e. The largest absolute Gasteiger partial charge is 0.310 e. The molecular weight excluding hydrogens is 302 g/mol. The highest BCUT2D eigenvalue weighted by atomic mass is 32.2. The molecule has 3 aromatic rings. The first-order valence-corrected chi connectivity index (χ1v) is 7.32. The summed E-state index contributed by atoms with van der Waals surface area (Å²) in [4.78, 5) is 20.0. The summed E-state index contributed by atoms with van der Waals surface area (Å²) in [6.45, 7) is 0. The van der Waals surface area contributed by atoms with Crippen LogP contribution in [-0.4, -0.2) is 41.6 Å². The molecule has 0 aliphatic heterocycles. The second kappa shape index (κ2) is 6.76. The number of carbonyl (C=O) groups excluding carboxylic acids is 1. The Morgan fingerprint density at radius 2 is 2.23 bits per heavy atom. The predicted octanol–water partition coefficient (Wildman–Crippen LogP) is 1.18. The van der Waals surface area contributed by atoms with E-state index in [0.29, 0.717) is 16.7 Å². The minimum Gasteiger partial charge on any atom is -0.310 e. The van der Waals surface area contributed by atoms with Gasteiger partial charge in [-0.15, -0.1) is 5.10 Å². The highest BCUT2D eigenvalue weighted by Crippen LogP contribution is 2.14. The van der Waals surface area contributed by atoms with Crippen LogP contribution in [0.4, 0.5) is 5.82 Å². The molecule has 3 aromatic heterocycles. The van der Waals surface area contributed by atoms with Crippen molar-refractivity contribution in [3.05, 3.63) is 49.2 Å². The zero-order chi connectivity index (χ0) is 15.2. The molecule has 0 unspecified atom stereocenters. The summed E-state index contributed by atoms with van der Waals surface area (Å²) < 4.78 is 1.59. The van der Waals surface area contributed by atoms with Gasteiger partial charge in [-0.1, -0.05) is 11.8 Å². The number of nitrogens with one attached hydrogen (secondary N) is 1. The van der Waals surface area contributed by atoms with Gasteiger partial charge in [-0.05, 0) is 18.2 Å². The summed E-state index contributed by atoms with van der Waals surface area (Å²) in [7, 11) is 0. The van der Waals surface area contributed by atoms with E-state index in [2.05, 4.69) is 30.6 Å². The Kier molecular flexibility index (Phi) is 4.35. The molecule has 3 heterocycles. The molecule has 0 spiro atoms. The van der Waals surface area contributed by atoms with Crippen molar-refractivity contribution in [2.75, 3.05) is 11.1 Å². The van der Waals surface area contributed by atoms with E-state index < -0.39 is 0 Å². The Labute approximate surface area is 130 Å². The van der Waals surface area contributed by atoms with Crippen molar-refractivity contribution in [2.24, 2.45) is 0 Å². The van der Waals surface area contributed by atoms with Crippen LogP contribution in [0.1, 0.15) is 0 Å². The number of carbonyl (C=O) groups is 1. The van der Waals surface area contributed by atoms with Crippen LogP contribution in [0.3, 0.4) is 0 Å². The smallest absolute Gasteiger partial charge is 0.235 e. The molecule has 1 amide bonds. The van der Waals surface area contributed by atoms with Crippen LogP contribution in [0.25, 0.3) is 5.82 Å². The molecule has 0 radical (unpaired) electrons. The lowest BCUT2D eigenvalue weighted by molar-refractivity contribution is -0.113. The number of amides is 1. The minimum absolute atomic E-state index is 0.180. The topological polar surface area (TPSA) is 98.5 Å². The fourth-order valence-corrected chi connectivity index (χ4v) is 2.26. The van der Waals surface area contributed by atoms with Crippen molar-refractivity contribution < 1.29 is 4.79 Å². The fraction of sp³-hybridized carbons (Fsp3) is 0.0769. The molecule has 0 saturated heterocycles. The number of aromatic nitrogens is 6. The number of nitrogens with zero attached hydrogens (tertiary/aromatic N) is 6. The molecule has 0 atom stereocenters. The molecule has 0 saturated carbocycles. The summed E-state index contributed by atoms with van der Waals surface area (Å²) in [5.74, 6) is 1.04. The average Bonchev–Trinajstić information content (AvgIpc) is 3.09. The molecule has 0 bridgehead atoms. The van der Waals surface area contributed by atoms with Gasteiger partial charge in [0.05, 0.1) is 5.75 Å². The van der Waals surface area contributed by atoms with Crippen molar-refractivity contribution >= 4 is 23.5 Å². The van der Waals surface area contributed by atoms with Crippen molar-refractivity contribution in [1.82, 2.24) is 29.9 Å². The van der Waals surface area contributed by atoms with E-state index in [1.54, 1.807) is 47.5 Å². The molecule has 0 aliphatic rings. The Morgan fingerprint density at radius 3 is 3.00 bits per heavy atom. The second-order valence-corrected chi connectivity index (χ2v) is 5.11. The third-order valence-corrected chi connectivity index (χ3v) is 3.48. The Bertz CT molecular complexity index is 748. The van der Waals surface area contributed by atoms with Gasteiger partial charge >= 0.3 is 0 Å². The van der Waals surface area contributed by atoms with Gasteiger partial charge in [0.1, 0.15) is 17.2 Å². The van der Waals surface area contributed by atoms with E-state index >= 15 is 0 Å². The van der Waals surface area contributed by atoms with Crippen LogP contribution < -0.4 is 5.32 Å². The van der Waals surface area contributed by atoms with E-state index in [1.165, 1.54) is 18.1 Å². The van der Waals surface area contributed by atoms with Crippen molar-refractivity contribution in [1.29, 1.82) is 0 Å². The molecule has 110 valence electrons. The average molecular weight is 313 g/mol. The zero-order valence-corrected chi connectivity index (χ0v) is 12.1. The lowest BCUT2D eigenvalue weighted by atomic mass is 10.5. The van der Waals surface area contributed by atoms with Crippen LogP contribution >= 0.6 is 11.8 Å². The molecule has 0 aromatic carbocycles. The van der Waals surface area contributed by atoms with Crippen LogP contribution in [0, 0.1) is 0 Å². The molecule has 1 N–H and O–H groups in total. The first-order chi connectivity index (χ1) is 10.8. The highest BCUT2D eigenvalue weighted by Gasteiger charge is 2.07. The predicted molar refractivity (Wildman–Crippen MR) is 80.5 cm³/mol. The van der Waals surface area contributed by atoms with Gasteiger partial charge in [0.15, 0.2) is 5.82 Å². The number of thioether (sulfide) groups is 1. The maximum absolute atomic E-state index is 11.9. The molecule has 3 rings (SSSR count). The summed E-state index contributed by atoms with van der Waals surface area (Å²) in [6, 6.07) is 7.01. The number of rotatable bonds is 5. The summed E-state index contributed by atoms with van der Waals surface area (Å²) in [6.07, 6.45) is 6.38. The van der Waals surface area contributed by atoms with E-state index in [1.807, 2.05) is 0 Å². The maximum atomic E-state index is 11.9. The molecule has 9 heteroatoms. The molecule has 8 nitrogen and oxygen atoms in total. The number of anilines is 1. The first kappa shape index (κ1) is 14.1. The monoisotopic (exact) mass is 313 g/mol. The third kappa shape index (κ3) is 3.64. The fourth-order valence-electron chi connectivity index (χ4n) is 1.63. The number of hydrogen-bond donors (Lipinski definition) is 1. The second-order valence-electron chi connectivity index (χ2n) is 4.11. The third-order valence-electron chi connectivity index (χ3n) is 2.56. The van der Waals surface area contributed by atoms with Gasteiger partial charge in [0.25, 0.3) is 0 Å². The van der Waals surface area contributed by atoms with Crippen molar-refractivity contribution in [2.45, 2.75) is 5.03 Å². The zero-order valence-electron chi connectivity index (χ0n) is 11.3. The first-order valence-electron chi connectivity index (χ1n) is 6.34. The van der Waals surface area contributed by atoms with Crippen LogP contribution in [0.2, 0.25) is 0 Å². The van der Waals surface area contributed by atoms with E-state index in [4.69, 9.17) is 0 Å². The van der Waals surface area contributed by atoms with Gasteiger partial charge in [-0.2, -0.15) is 10.2 Å². The van der Waals surface area contributed by atoms with Crippen molar-refractivity contribution in [3.8, 4) is 5.82 Å². The van der Waals surface area contributed by atoms with Gasteiger partial charge < -0.3 is 5.32 Å². The number of hydrogen-bond acceptors (Lipinski definition) is 7. The van der Waals surface area contributed by atoms with Crippen LogP contribution in [0.15, 0.2) is 54.2 Å². The molecule has 0 fully saturated rings. The molecular formula is C13H11N7OS. The van der Waals surface area contributed by atoms with Crippen LogP contribution in [-0.2, 0) is 4.79 Å². The Hall–Kier alpha value is -2.81. The van der Waals surface area contributed by atoms with Gasteiger partial charge in [0, 0.05) is 24.7 Å². The summed E-state index contributed by atoms with van der Waals surface area (Å²) >= 11 is 1.30. The SMILES string of the molecule is O=C(CSc1cccnn1)Nc1cc(-n2cccn2)ncn1. The quantitative estimate of drug-likeness (QED) is 0.706. The molecule has 0 aliphatic carbocycles. The van der Waals surface area contributed by atoms with E-state index in [0.717, 1.165) is 0 Å². The van der Waals surface area contributed by atoms with Gasteiger partial charge in [-0.25, -0.2) is 14.6 Å². The lowest BCUT2D eigenvalue weighted by Crippen LogP contribution is -2.15. The van der Waals surface area contributed by atoms with Crippen molar-refractivity contribution in [3.63, 3.8) is 0 Å². The van der Waals surface area contributed by atoms with E-state index in [9.17, 15) is 4.79 Å². The normalized spacial score (nSPS) is 10.4. The van der Waals surface area contributed by atoms with Gasteiger partial charge in [-0.3, -0.25) is 4.79 Å². The van der Waals surface area contributed by atoms with Gasteiger partial charge in [0.2, 0.25) is 5.91 Å². The highest BCUT2D eigenvalue weighted by molar-refractivity contribution is 7.99. The standard InChI is InChI=1S/C13H11N7OS/c21-12(8-22-13-3-1-4-16-19-13)18-10-7-11(15-9-14-10)20-6-2-5-17-20/h1-7,9H,8H2,(H,14,15,18,21).